The normalized spacial score (nSPS) is 10.5. The van der Waals surface area contributed by atoms with E-state index < -0.39 is 4.92 Å². The van der Waals surface area contributed by atoms with Crippen molar-refractivity contribution < 1.29 is 18.9 Å². The summed E-state index contributed by atoms with van der Waals surface area (Å²) >= 11 is 0. The molecule has 1 aromatic heterocycles. The van der Waals surface area contributed by atoms with Gasteiger partial charge in [-0.05, 0) is 19.4 Å². The van der Waals surface area contributed by atoms with E-state index in [-0.39, 0.29) is 17.7 Å². The average Bonchev–Trinajstić information content (AvgIpc) is 2.85. The lowest BCUT2D eigenvalue weighted by atomic mass is 10.3. The van der Waals surface area contributed by atoms with Gasteiger partial charge in [-0.15, -0.1) is 0 Å². The number of fused-ring (bicyclic) bond motifs is 1. The van der Waals surface area contributed by atoms with Crippen LogP contribution in [0.1, 0.15) is 19.8 Å². The van der Waals surface area contributed by atoms with E-state index in [1.807, 2.05) is 0 Å². The van der Waals surface area contributed by atoms with Gasteiger partial charge in [0.05, 0.1) is 11.5 Å². The topological polar surface area (TPSA) is 108 Å². The molecule has 1 N–H and O–H groups in total. The highest BCUT2D eigenvalue weighted by atomic mass is 16.6. The Bertz CT molecular complexity index is 652. The molecule has 1 aromatic carbocycles. The third kappa shape index (κ3) is 3.91. The quantitative estimate of drug-likeness (QED) is 0.361. The molecule has 0 saturated carbocycles. The summed E-state index contributed by atoms with van der Waals surface area (Å²) in [5, 5.41) is 13.6. The van der Waals surface area contributed by atoms with Crippen LogP contribution in [0.25, 0.3) is 11.1 Å². The number of anilines is 1. The standard InChI is InChI=1S/C13H15N3O5/c1-2-20-12(17)4-3-7-14-13-15-10-8-9(16(18)19)5-6-11(10)21-13/h5-6,8H,2-4,7H2,1H3,(H,14,15). The summed E-state index contributed by atoms with van der Waals surface area (Å²) in [4.78, 5) is 25.4. The second-order valence-corrected chi connectivity index (χ2v) is 4.26. The Labute approximate surface area is 120 Å². The highest BCUT2D eigenvalue weighted by Crippen LogP contribution is 2.23. The fourth-order valence-electron chi connectivity index (χ4n) is 1.77. The number of aromatic nitrogens is 1. The first kappa shape index (κ1) is 14.8. The van der Waals surface area contributed by atoms with E-state index in [2.05, 4.69) is 10.3 Å². The number of nitro benzene ring substituents is 1. The van der Waals surface area contributed by atoms with Crippen LogP contribution in [0.3, 0.4) is 0 Å². The number of carbonyl (C=O) groups is 1. The number of hydrogen-bond donors (Lipinski definition) is 1. The predicted octanol–water partition coefficient (Wildman–Crippen LogP) is 2.49. The molecule has 0 radical (unpaired) electrons. The molecule has 8 nitrogen and oxygen atoms in total. The Morgan fingerprint density at radius 1 is 1.52 bits per heavy atom. The summed E-state index contributed by atoms with van der Waals surface area (Å²) in [7, 11) is 0. The van der Waals surface area contributed by atoms with Gasteiger partial charge >= 0.3 is 5.97 Å². The van der Waals surface area contributed by atoms with Crippen LogP contribution in [0.15, 0.2) is 22.6 Å². The molecular weight excluding hydrogens is 278 g/mol. The molecule has 8 heteroatoms. The second-order valence-electron chi connectivity index (χ2n) is 4.26. The van der Waals surface area contributed by atoms with E-state index in [1.54, 1.807) is 6.92 Å². The summed E-state index contributed by atoms with van der Waals surface area (Å²) in [6.07, 6.45) is 0.893. The zero-order valence-electron chi connectivity index (χ0n) is 11.5. The summed E-state index contributed by atoms with van der Waals surface area (Å²) in [6, 6.07) is 4.49. The van der Waals surface area contributed by atoms with E-state index in [1.165, 1.54) is 18.2 Å². The minimum Gasteiger partial charge on any atom is -0.466 e. The van der Waals surface area contributed by atoms with E-state index >= 15 is 0 Å². The lowest BCUT2D eigenvalue weighted by Crippen LogP contribution is -2.08. The van der Waals surface area contributed by atoms with E-state index in [9.17, 15) is 14.9 Å². The average molecular weight is 293 g/mol. The zero-order valence-corrected chi connectivity index (χ0v) is 11.5. The molecule has 112 valence electrons. The van der Waals surface area contributed by atoms with Gasteiger partial charge in [0, 0.05) is 25.1 Å². The van der Waals surface area contributed by atoms with Gasteiger partial charge in [-0.25, -0.2) is 0 Å². The third-order valence-electron chi connectivity index (χ3n) is 2.72. The SMILES string of the molecule is CCOC(=O)CCCNc1nc2cc([N+](=O)[O-])ccc2o1. The number of non-ortho nitro benzene ring substituents is 1. The number of rotatable bonds is 7. The first-order valence-electron chi connectivity index (χ1n) is 6.54. The number of nitrogens with one attached hydrogen (secondary N) is 1. The number of ether oxygens (including phenoxy) is 1. The van der Waals surface area contributed by atoms with Crippen molar-refractivity contribution in [1.29, 1.82) is 0 Å². The maximum Gasteiger partial charge on any atom is 0.305 e. The van der Waals surface area contributed by atoms with E-state index in [0.29, 0.717) is 37.1 Å². The predicted molar refractivity (Wildman–Crippen MR) is 75.0 cm³/mol. The number of hydrogen-bond acceptors (Lipinski definition) is 7. The highest BCUT2D eigenvalue weighted by molar-refractivity contribution is 5.77. The van der Waals surface area contributed by atoms with Crippen LogP contribution >= 0.6 is 0 Å². The van der Waals surface area contributed by atoms with E-state index in [4.69, 9.17) is 9.15 Å². The summed E-state index contributed by atoms with van der Waals surface area (Å²) in [6.45, 7) is 2.62. The molecular formula is C13H15N3O5. The smallest absolute Gasteiger partial charge is 0.305 e. The van der Waals surface area contributed by atoms with Crippen LogP contribution in [0.5, 0.6) is 0 Å². The van der Waals surface area contributed by atoms with Crippen molar-refractivity contribution in [3.8, 4) is 0 Å². The minimum absolute atomic E-state index is 0.0374. The summed E-state index contributed by atoms with van der Waals surface area (Å²) in [5.41, 5.74) is 0.843. The molecule has 2 rings (SSSR count). The van der Waals surface area contributed by atoms with Crippen molar-refractivity contribution in [1.82, 2.24) is 4.98 Å². The molecule has 0 aliphatic carbocycles. The van der Waals surface area contributed by atoms with Crippen molar-refractivity contribution in [3.63, 3.8) is 0 Å². The fourth-order valence-corrected chi connectivity index (χ4v) is 1.77. The molecule has 0 bridgehead atoms. The Balaban J connectivity index is 1.91. The highest BCUT2D eigenvalue weighted by Gasteiger charge is 2.11. The molecule has 0 aliphatic heterocycles. The largest absolute Gasteiger partial charge is 0.466 e. The second kappa shape index (κ2) is 6.69. The Hall–Kier alpha value is -2.64. The summed E-state index contributed by atoms with van der Waals surface area (Å²) < 4.78 is 10.2. The summed E-state index contributed by atoms with van der Waals surface area (Å²) in [5.74, 6) is -0.243. The van der Waals surface area contributed by atoms with Crippen LogP contribution in [0, 0.1) is 10.1 Å². The van der Waals surface area contributed by atoms with Gasteiger partial charge in [-0.3, -0.25) is 14.9 Å². The van der Waals surface area contributed by atoms with Gasteiger partial charge in [0.2, 0.25) is 0 Å². The van der Waals surface area contributed by atoms with Crippen molar-refractivity contribution in [2.24, 2.45) is 0 Å². The molecule has 0 atom stereocenters. The molecule has 0 unspecified atom stereocenters. The van der Waals surface area contributed by atoms with Crippen LogP contribution < -0.4 is 5.32 Å². The monoisotopic (exact) mass is 293 g/mol. The number of nitrogens with zero attached hydrogens (tertiary/aromatic N) is 2. The van der Waals surface area contributed by atoms with Crippen LogP contribution in [0.2, 0.25) is 0 Å². The number of nitro groups is 1. The maximum absolute atomic E-state index is 11.1. The lowest BCUT2D eigenvalue weighted by Gasteiger charge is -2.02. The van der Waals surface area contributed by atoms with E-state index in [0.717, 1.165) is 0 Å². The maximum atomic E-state index is 11.1. The molecule has 1 heterocycles. The molecule has 0 saturated heterocycles. The minimum atomic E-state index is -0.486. The van der Waals surface area contributed by atoms with Crippen LogP contribution in [-0.4, -0.2) is 29.0 Å². The van der Waals surface area contributed by atoms with Gasteiger partial charge in [-0.1, -0.05) is 0 Å². The number of benzene rings is 1. The van der Waals surface area contributed by atoms with Gasteiger partial charge in [0.15, 0.2) is 5.58 Å². The van der Waals surface area contributed by atoms with Crippen molar-refractivity contribution >= 4 is 28.8 Å². The Morgan fingerprint density at radius 2 is 2.33 bits per heavy atom. The van der Waals surface area contributed by atoms with Crippen LogP contribution in [-0.2, 0) is 9.53 Å². The van der Waals surface area contributed by atoms with Crippen molar-refractivity contribution in [2.45, 2.75) is 19.8 Å². The fraction of sp³-hybridized carbons (Fsp3) is 0.385. The van der Waals surface area contributed by atoms with Gasteiger partial charge in [0.1, 0.15) is 5.52 Å². The molecule has 0 aliphatic rings. The van der Waals surface area contributed by atoms with Gasteiger partial charge in [-0.2, -0.15) is 4.98 Å². The van der Waals surface area contributed by atoms with Crippen molar-refractivity contribution in [2.75, 3.05) is 18.5 Å². The molecule has 2 aromatic rings. The van der Waals surface area contributed by atoms with Gasteiger partial charge < -0.3 is 14.5 Å². The number of esters is 1. The van der Waals surface area contributed by atoms with Gasteiger partial charge in [0.25, 0.3) is 11.7 Å². The molecule has 0 spiro atoms. The first-order valence-corrected chi connectivity index (χ1v) is 6.54. The van der Waals surface area contributed by atoms with Crippen molar-refractivity contribution in [3.05, 3.63) is 28.3 Å². The zero-order chi connectivity index (χ0) is 15.2. The Morgan fingerprint density at radius 3 is 3.05 bits per heavy atom. The Kier molecular flexibility index (Phi) is 4.70. The molecule has 0 amide bonds. The third-order valence-corrected chi connectivity index (χ3v) is 2.72. The lowest BCUT2D eigenvalue weighted by molar-refractivity contribution is -0.384. The number of carbonyl (C=O) groups excluding carboxylic acids is 1. The van der Waals surface area contributed by atoms with Crippen LogP contribution in [0.4, 0.5) is 11.7 Å². The molecule has 21 heavy (non-hydrogen) atoms. The number of oxazole rings is 1. The molecule has 0 fully saturated rings. The first-order chi connectivity index (χ1) is 10.1.